The maximum atomic E-state index is 11.9. The van der Waals surface area contributed by atoms with Crippen LogP contribution in [0.3, 0.4) is 0 Å². The molecule has 0 saturated heterocycles. The Morgan fingerprint density at radius 3 is 0.664 bits per heavy atom. The predicted molar refractivity (Wildman–Crippen MR) is 451 cm³/mol. The lowest BCUT2D eigenvalue weighted by molar-refractivity contribution is -0.158. The van der Waals surface area contributed by atoms with Gasteiger partial charge in [-0.3, -0.25) is 28.8 Å². The molecule has 0 unspecified atom stereocenters. The van der Waals surface area contributed by atoms with Gasteiger partial charge in [0.15, 0.2) is 49.9 Å². The van der Waals surface area contributed by atoms with Gasteiger partial charge in [0.1, 0.15) is 39.6 Å². The first-order valence-electron chi connectivity index (χ1n) is 38.9. The average Bonchev–Trinajstić information content (AvgIpc) is 0.878. The molecule has 27 heteroatoms. The molecule has 0 aromatic carbocycles. The molecular formula is C80H160O21Si6. The molecule has 0 radical (unpaired) electrons. The number of unbranched alkanes of at least 4 members (excludes halogenated alkanes) is 1. The Kier molecular flexibility index (Phi) is 57.6. The van der Waals surface area contributed by atoms with E-state index in [0.717, 1.165) is 62.7 Å². The van der Waals surface area contributed by atoms with Gasteiger partial charge in [-0.1, -0.05) is 81.0 Å². The molecule has 0 aromatic heterocycles. The van der Waals surface area contributed by atoms with Crippen LogP contribution in [0.25, 0.3) is 0 Å². The van der Waals surface area contributed by atoms with Crippen molar-refractivity contribution in [3.8, 4) is 0 Å². The monoisotopic (exact) mass is 1630 g/mol. The van der Waals surface area contributed by atoms with E-state index in [-0.39, 0.29) is 91.7 Å². The molecule has 0 bridgehead atoms. The summed E-state index contributed by atoms with van der Waals surface area (Å²) in [6, 6.07) is 4.42. The molecule has 0 fully saturated rings. The number of hydrogen-bond donors (Lipinski definition) is 0. The Labute approximate surface area is 658 Å². The van der Waals surface area contributed by atoms with Crippen LogP contribution in [-0.2, 0) is 98.1 Å². The molecule has 0 N–H and O–H groups in total. The number of ether oxygens (including phenoxy) is 9. The van der Waals surface area contributed by atoms with Crippen molar-refractivity contribution >= 4 is 104 Å². The molecular weight excluding hydrogens is 1470 g/mol. The highest BCUT2D eigenvalue weighted by atomic mass is 28.4. The summed E-state index contributed by atoms with van der Waals surface area (Å²) in [4.78, 5) is 103. The Morgan fingerprint density at radius 2 is 0.477 bits per heavy atom. The summed E-state index contributed by atoms with van der Waals surface area (Å²) in [6.45, 7) is 83.5. The highest BCUT2D eigenvalue weighted by Gasteiger charge is 2.36. The van der Waals surface area contributed by atoms with Crippen LogP contribution in [0, 0.1) is 32.5 Å². The Bertz CT molecular complexity index is 2530. The fourth-order valence-electron chi connectivity index (χ4n) is 8.36. The molecule has 21 nitrogen and oxygen atoms in total. The van der Waals surface area contributed by atoms with Gasteiger partial charge in [-0.2, -0.15) is 0 Å². The van der Waals surface area contributed by atoms with Crippen molar-refractivity contribution in [3.05, 3.63) is 37.0 Å². The Morgan fingerprint density at radius 1 is 0.290 bits per heavy atom. The third kappa shape index (κ3) is 61.9. The topological polar surface area (TPSA) is 264 Å². The summed E-state index contributed by atoms with van der Waals surface area (Å²) in [5, 5.41) is 0. The maximum absolute atomic E-state index is 11.9. The second-order valence-electron chi connectivity index (χ2n) is 35.4. The molecule has 0 aliphatic carbocycles. The summed E-state index contributed by atoms with van der Waals surface area (Å²) < 4.78 is 64.4. The second-order valence-corrected chi connectivity index (χ2v) is 62.4. The van der Waals surface area contributed by atoms with E-state index in [0.29, 0.717) is 50.2 Å². The van der Waals surface area contributed by atoms with Crippen molar-refractivity contribution in [1.29, 1.82) is 0 Å². The normalized spacial score (nSPS) is 12.2. The molecule has 0 aromatic rings. The van der Waals surface area contributed by atoms with E-state index < -0.39 is 84.1 Å². The van der Waals surface area contributed by atoms with Crippen LogP contribution < -0.4 is 0 Å². The van der Waals surface area contributed by atoms with Gasteiger partial charge in [-0.25, -0.2) is 14.4 Å². The summed E-state index contributed by atoms with van der Waals surface area (Å²) in [7, 11) is -9.27. The van der Waals surface area contributed by atoms with Crippen molar-refractivity contribution < 1.29 is 98.1 Å². The van der Waals surface area contributed by atoms with Gasteiger partial charge in [-0.15, -0.1) is 0 Å². The third-order valence-electron chi connectivity index (χ3n) is 17.5. The van der Waals surface area contributed by atoms with E-state index in [1.807, 2.05) is 125 Å². The van der Waals surface area contributed by atoms with Crippen molar-refractivity contribution in [1.82, 2.24) is 0 Å². The minimum Gasteiger partial charge on any atom is -0.465 e. The van der Waals surface area contributed by atoms with E-state index in [9.17, 15) is 43.2 Å². The predicted octanol–water partition coefficient (Wildman–Crippen LogP) is 20.3. The van der Waals surface area contributed by atoms with E-state index in [1.165, 1.54) is 18.9 Å². The number of hydrogen-bond acceptors (Lipinski definition) is 21. The van der Waals surface area contributed by atoms with Gasteiger partial charge in [0.25, 0.3) is 0 Å². The van der Waals surface area contributed by atoms with Gasteiger partial charge in [-0.05, 0) is 271 Å². The number of carbonyl (C=O) groups excluding carboxylic acids is 9. The van der Waals surface area contributed by atoms with Crippen molar-refractivity contribution in [2.24, 2.45) is 32.5 Å². The molecule has 0 spiro atoms. The number of rotatable bonds is 45. The summed E-state index contributed by atoms with van der Waals surface area (Å²) in [5.41, 5.74) is -1.87. The van der Waals surface area contributed by atoms with Crippen LogP contribution in [0.1, 0.15) is 216 Å². The summed E-state index contributed by atoms with van der Waals surface area (Å²) in [6.07, 6.45) is 10.9. The molecule has 0 atom stereocenters. The first kappa shape index (κ1) is 114. The van der Waals surface area contributed by atoms with E-state index in [1.54, 1.807) is 13.8 Å². The molecule has 0 rings (SSSR count). The molecule has 0 amide bonds. The molecule has 0 aliphatic heterocycles. The summed E-state index contributed by atoms with van der Waals surface area (Å²) >= 11 is 0. The smallest absolute Gasteiger partial charge is 0.333 e. The first-order chi connectivity index (χ1) is 48.3. The van der Waals surface area contributed by atoms with Crippen molar-refractivity contribution in [2.75, 3.05) is 59.5 Å². The molecule has 0 saturated carbocycles. The molecule has 630 valence electrons. The van der Waals surface area contributed by atoms with Crippen LogP contribution in [0.2, 0.25) is 116 Å². The lowest BCUT2D eigenvalue weighted by atomic mass is 9.91. The third-order valence-corrected chi connectivity index (χ3v) is 37.4. The zero-order valence-corrected chi connectivity index (χ0v) is 80.7. The highest BCUT2D eigenvalue weighted by molar-refractivity contribution is 6.85. The van der Waals surface area contributed by atoms with Gasteiger partial charge < -0.3 is 55.0 Å². The Balaban J connectivity index is -0.000000287. The molecule has 107 heavy (non-hydrogen) atoms. The number of esters is 9. The zero-order chi connectivity index (χ0) is 85.5. The molecule has 0 aliphatic rings. The van der Waals surface area contributed by atoms with Gasteiger partial charge in [0, 0.05) is 17.2 Å². The van der Waals surface area contributed by atoms with Crippen molar-refractivity contribution in [3.63, 3.8) is 0 Å². The minimum atomic E-state index is -1.64. The van der Waals surface area contributed by atoms with E-state index in [4.69, 9.17) is 50.2 Å². The van der Waals surface area contributed by atoms with E-state index in [2.05, 4.69) is 123 Å². The van der Waals surface area contributed by atoms with Gasteiger partial charge >= 0.3 is 53.7 Å². The fraction of sp³-hybridized carbons (Fsp3) is 0.812. The lowest BCUT2D eigenvalue weighted by Crippen LogP contribution is -2.44. The SMILES string of the molecule is C=C(C)C(=O)OCCOC(=O)C(C)(C)CC.C=C(C)C(=O)OCCOC(=O)C(C)(C)CC.C=CC(=O)OCCOC(=O)C(C)(C)CC.CCC(C)(C)C(=O)OCCC[Si](C)(C)O[Si](C)(C)C.CCC(C)(C)C(=O)OCCC[Si](C)(C)O[Si](C)(C)C.CCCC[Si](C)(C)O[Si](C)(C)CCCOC(=O)C(C)(C)CC. The Hall–Kier alpha value is -4.37. The van der Waals surface area contributed by atoms with E-state index >= 15 is 0 Å². The number of carbonyl (C=O) groups is 9. The first-order valence-corrected chi connectivity index (χ1v) is 58.2. The maximum Gasteiger partial charge on any atom is 0.333 e. The lowest BCUT2D eigenvalue weighted by Gasteiger charge is -2.34. The standard InChI is InChI=1S/C17H38O3Si2.2C14H32O3Si2.2C12H20O4.C11H18O4/c1-9-11-14-21(5,6)20-22(7,8)15-12-13-19-16(18)17(3,4)10-2;2*1-9-14(2,3)13(15)16-11-10-12-19(7,8)17-18(4,5)6;2*1-6-12(4,5)11(14)16-8-7-15-10(13)9(2)3;1-5-9(12)14-7-8-15-10(13)11(3,4)6-2/h9-15H2,1-8H3;2*9-12H2,1-8H3;2*2,6-8H2,1,3-5H3;5H,1,6-8H2,2-4H3. The van der Waals surface area contributed by atoms with Crippen molar-refractivity contribution in [2.45, 2.75) is 332 Å². The van der Waals surface area contributed by atoms with Crippen LogP contribution >= 0.6 is 0 Å². The molecule has 0 heterocycles. The highest BCUT2D eigenvalue weighted by Crippen LogP contribution is 2.29. The average molecular weight is 1630 g/mol. The van der Waals surface area contributed by atoms with Crippen LogP contribution in [-0.4, -0.2) is 163 Å². The summed E-state index contributed by atoms with van der Waals surface area (Å²) in [5.74, 6) is -2.52. The largest absolute Gasteiger partial charge is 0.465 e. The minimum absolute atomic E-state index is 0.0659. The second kappa shape index (κ2) is 54.3. The zero-order valence-electron chi connectivity index (χ0n) is 74.7. The fourth-order valence-corrected chi connectivity index (χ4v) is 33.4. The quantitative estimate of drug-likeness (QED) is 0.0180. The van der Waals surface area contributed by atoms with Crippen LogP contribution in [0.4, 0.5) is 0 Å². The van der Waals surface area contributed by atoms with Crippen LogP contribution in [0.5, 0.6) is 0 Å². The van der Waals surface area contributed by atoms with Gasteiger partial charge in [0.05, 0.1) is 52.3 Å². The van der Waals surface area contributed by atoms with Gasteiger partial charge in [0.2, 0.25) is 0 Å². The van der Waals surface area contributed by atoms with Crippen LogP contribution in [0.15, 0.2) is 37.0 Å².